The second kappa shape index (κ2) is 4.33. The Labute approximate surface area is 92.1 Å². The summed E-state index contributed by atoms with van der Waals surface area (Å²) < 4.78 is 5.24. The normalized spacial score (nSPS) is 9.71. The zero-order chi connectivity index (χ0) is 9.80. The maximum absolute atomic E-state index is 5.24. The van der Waals surface area contributed by atoms with Gasteiger partial charge in [0.15, 0.2) is 0 Å². The van der Waals surface area contributed by atoms with Crippen LogP contribution in [-0.4, -0.2) is 16.6 Å². The Morgan fingerprint density at radius 2 is 1.29 bits per heavy atom. The summed E-state index contributed by atoms with van der Waals surface area (Å²) in [5.41, 5.74) is 2.47. The van der Waals surface area contributed by atoms with Crippen LogP contribution in [0.4, 0.5) is 0 Å². The molecule has 0 aliphatic heterocycles. The van der Waals surface area contributed by atoms with E-state index in [2.05, 4.69) is 24.3 Å². The molecule has 0 heterocycles. The molecule has 1 nitrogen and oxygen atoms in total. The lowest BCUT2D eigenvalue weighted by atomic mass is 10.1. The molecule has 2 aromatic carbocycles. The lowest BCUT2D eigenvalue weighted by Gasteiger charge is -2.04. The second-order valence-electron chi connectivity index (χ2n) is 3.09. The Balaban J connectivity index is 2.34. The molecule has 0 N–H and O–H groups in total. The monoisotopic (exact) mass is 198 g/mol. The molecule has 0 unspecified atom stereocenters. The van der Waals surface area contributed by atoms with E-state index < -0.39 is 0 Å². The smallest absolute Gasteiger partial charge is 0.496 e. The van der Waals surface area contributed by atoms with Crippen molar-refractivity contribution in [1.29, 1.82) is 0 Å². The number of hydrogen-bond acceptors (Lipinski definition) is 1. The Bertz CT molecular complexity index is 394. The lowest BCUT2D eigenvalue weighted by molar-refractivity contribution is 0.616. The molecule has 0 bridgehead atoms. The fraction of sp³-hybridized carbons (Fsp3) is 0. The van der Waals surface area contributed by atoms with Crippen LogP contribution < -0.4 is 3.79 Å². The van der Waals surface area contributed by atoms with Crippen molar-refractivity contribution >= 4 is 16.6 Å². The first kappa shape index (κ1) is 9.33. The minimum atomic E-state index is 0.745. The van der Waals surface area contributed by atoms with Crippen molar-refractivity contribution in [2.45, 2.75) is 0 Å². The molecule has 0 fully saturated rings. The molecule has 68 valence electrons. The Morgan fingerprint density at radius 3 is 1.86 bits per heavy atom. The van der Waals surface area contributed by atoms with E-state index in [9.17, 15) is 0 Å². The van der Waals surface area contributed by atoms with Gasteiger partial charge in [-0.1, -0.05) is 42.5 Å². The largest absolute Gasteiger partial charge is 0.647 e. The van der Waals surface area contributed by atoms with Gasteiger partial charge in [-0.15, -0.1) is 0 Å². The van der Waals surface area contributed by atoms with E-state index in [4.69, 9.17) is 3.79 Å². The van der Waals surface area contributed by atoms with Crippen LogP contribution >= 0.6 is 0 Å². The number of rotatable bonds is 2. The van der Waals surface area contributed by atoms with Crippen LogP contribution in [0.15, 0.2) is 54.6 Å². The van der Waals surface area contributed by atoms with E-state index in [1.54, 1.807) is 0 Å². The average molecular weight is 198 g/mol. The SMILES string of the molecule is [AlH2][O]c1ccc(-c2ccccc2)cc1. The van der Waals surface area contributed by atoms with E-state index in [0.29, 0.717) is 0 Å². The molecular formula is C12H11AlO. The maximum Gasteiger partial charge on any atom is 0.496 e. The maximum atomic E-state index is 5.24. The predicted molar refractivity (Wildman–Crippen MR) is 61.1 cm³/mol. The molecule has 0 amide bonds. The van der Waals surface area contributed by atoms with E-state index in [1.165, 1.54) is 11.1 Å². The Morgan fingerprint density at radius 1 is 0.714 bits per heavy atom. The van der Waals surface area contributed by atoms with Crippen molar-refractivity contribution in [2.24, 2.45) is 0 Å². The van der Waals surface area contributed by atoms with Gasteiger partial charge < -0.3 is 3.79 Å². The van der Waals surface area contributed by atoms with Crippen LogP contribution in [0.1, 0.15) is 0 Å². The summed E-state index contributed by atoms with van der Waals surface area (Å²) in [5.74, 6) is 0.955. The third kappa shape index (κ3) is 1.98. The topological polar surface area (TPSA) is 9.23 Å². The van der Waals surface area contributed by atoms with Crippen molar-refractivity contribution in [2.75, 3.05) is 0 Å². The fourth-order valence-corrected chi connectivity index (χ4v) is 1.69. The van der Waals surface area contributed by atoms with Gasteiger partial charge >= 0.3 is 16.6 Å². The number of benzene rings is 2. The average Bonchev–Trinajstić information content (AvgIpc) is 2.30. The van der Waals surface area contributed by atoms with Gasteiger partial charge in [0.1, 0.15) is 0 Å². The fourth-order valence-electron chi connectivity index (χ4n) is 1.41. The van der Waals surface area contributed by atoms with Crippen molar-refractivity contribution in [3.05, 3.63) is 54.6 Å². The molecule has 2 rings (SSSR count). The first-order valence-electron chi connectivity index (χ1n) is 4.59. The molecule has 0 saturated carbocycles. The predicted octanol–water partition coefficient (Wildman–Crippen LogP) is 2.28. The zero-order valence-corrected chi connectivity index (χ0v) is 10.1. The van der Waals surface area contributed by atoms with Gasteiger partial charge in [-0.3, -0.25) is 0 Å². The highest BCUT2D eigenvalue weighted by molar-refractivity contribution is 5.99. The third-order valence-electron chi connectivity index (χ3n) is 2.20. The first-order valence-corrected chi connectivity index (χ1v) is 5.41. The Kier molecular flexibility index (Phi) is 2.88. The van der Waals surface area contributed by atoms with Crippen molar-refractivity contribution in [3.63, 3.8) is 0 Å². The van der Waals surface area contributed by atoms with Crippen LogP contribution in [0.25, 0.3) is 11.1 Å². The third-order valence-corrected chi connectivity index (χ3v) is 2.67. The van der Waals surface area contributed by atoms with Gasteiger partial charge in [0.05, 0.1) is 5.75 Å². The summed E-state index contributed by atoms with van der Waals surface area (Å²) in [6, 6.07) is 18.5. The molecule has 0 radical (unpaired) electrons. The molecule has 0 atom stereocenters. The van der Waals surface area contributed by atoms with Crippen LogP contribution in [-0.2, 0) is 0 Å². The van der Waals surface area contributed by atoms with Gasteiger partial charge in [-0.25, -0.2) is 0 Å². The van der Waals surface area contributed by atoms with Crippen LogP contribution in [0.2, 0.25) is 0 Å². The molecule has 0 aliphatic rings. The highest BCUT2D eigenvalue weighted by Crippen LogP contribution is 2.21. The van der Waals surface area contributed by atoms with Crippen LogP contribution in [0, 0.1) is 0 Å². The standard InChI is InChI=1S/C12H10O.Al.2H/c13-12-8-6-11(7-9-12)10-4-2-1-3-5-10;;;/h1-9,13H;;;/q;+1;;/p-1. The van der Waals surface area contributed by atoms with E-state index >= 15 is 0 Å². The molecule has 2 aromatic rings. The van der Waals surface area contributed by atoms with Gasteiger partial charge in [0.2, 0.25) is 0 Å². The first-order chi connectivity index (χ1) is 6.90. The van der Waals surface area contributed by atoms with Gasteiger partial charge in [0.25, 0.3) is 0 Å². The van der Waals surface area contributed by atoms with Gasteiger partial charge in [0, 0.05) is 0 Å². The van der Waals surface area contributed by atoms with E-state index in [0.717, 1.165) is 22.4 Å². The summed E-state index contributed by atoms with van der Waals surface area (Å²) in [6.07, 6.45) is 0. The molecule has 0 saturated heterocycles. The van der Waals surface area contributed by atoms with Gasteiger partial charge in [-0.05, 0) is 23.3 Å². The molecule has 0 aliphatic carbocycles. The van der Waals surface area contributed by atoms with Crippen molar-refractivity contribution in [3.8, 4) is 16.9 Å². The summed E-state index contributed by atoms with van der Waals surface area (Å²) in [6.45, 7) is 0. The quantitative estimate of drug-likeness (QED) is 0.673. The van der Waals surface area contributed by atoms with Crippen molar-refractivity contribution in [1.82, 2.24) is 0 Å². The zero-order valence-electron chi connectivity index (χ0n) is 8.10. The summed E-state index contributed by atoms with van der Waals surface area (Å²) >= 11 is 0.745. The van der Waals surface area contributed by atoms with Crippen LogP contribution in [0.3, 0.4) is 0 Å². The number of hydrogen-bond donors (Lipinski definition) is 0. The minimum Gasteiger partial charge on any atom is -0.647 e. The summed E-state index contributed by atoms with van der Waals surface area (Å²) in [4.78, 5) is 0. The van der Waals surface area contributed by atoms with Crippen molar-refractivity contribution < 1.29 is 3.79 Å². The molecule has 0 spiro atoms. The summed E-state index contributed by atoms with van der Waals surface area (Å²) in [5, 5.41) is 0. The molecular weight excluding hydrogens is 187 g/mol. The molecule has 14 heavy (non-hydrogen) atoms. The molecule has 0 aromatic heterocycles. The second-order valence-corrected chi connectivity index (χ2v) is 3.50. The molecule has 2 heteroatoms. The Hall–Kier alpha value is -1.23. The van der Waals surface area contributed by atoms with Gasteiger partial charge in [-0.2, -0.15) is 0 Å². The highest BCUT2D eigenvalue weighted by atomic mass is 27.1. The summed E-state index contributed by atoms with van der Waals surface area (Å²) in [7, 11) is 0. The van der Waals surface area contributed by atoms with E-state index in [-0.39, 0.29) is 0 Å². The van der Waals surface area contributed by atoms with E-state index in [1.807, 2.05) is 30.3 Å². The van der Waals surface area contributed by atoms with Crippen LogP contribution in [0.5, 0.6) is 5.75 Å². The highest BCUT2D eigenvalue weighted by Gasteiger charge is 1.95. The lowest BCUT2D eigenvalue weighted by Crippen LogP contribution is -1.84. The minimum absolute atomic E-state index is 0.745.